The van der Waals surface area contributed by atoms with Gasteiger partial charge in [-0.3, -0.25) is 14.4 Å². The van der Waals surface area contributed by atoms with Gasteiger partial charge in [0.2, 0.25) is 5.91 Å². The molecule has 2 aromatic rings. The second kappa shape index (κ2) is 11.8. The van der Waals surface area contributed by atoms with E-state index in [1.165, 1.54) is 6.92 Å². The van der Waals surface area contributed by atoms with Gasteiger partial charge in [-0.1, -0.05) is 0 Å². The molecule has 9 nitrogen and oxygen atoms in total. The summed E-state index contributed by atoms with van der Waals surface area (Å²) < 4.78 is 8.91. The molecule has 3 rings (SSSR count). The highest BCUT2D eigenvalue weighted by molar-refractivity contribution is 14.1. The first-order valence-corrected chi connectivity index (χ1v) is 14.0. The first-order valence-electron chi connectivity index (χ1n) is 9.64. The Labute approximate surface area is 249 Å². The van der Waals surface area contributed by atoms with Crippen molar-refractivity contribution in [2.45, 2.75) is 32.2 Å². The minimum absolute atomic E-state index is 0.0199. The van der Waals surface area contributed by atoms with Gasteiger partial charge in [-0.05, 0) is 120 Å². The highest BCUT2D eigenvalue weighted by Crippen LogP contribution is 2.37. The van der Waals surface area contributed by atoms with Gasteiger partial charge in [0.25, 0.3) is 11.8 Å². The number of hydrogen-bond donors (Lipinski definition) is 2. The van der Waals surface area contributed by atoms with Gasteiger partial charge in [0.15, 0.2) is 5.75 Å². The summed E-state index contributed by atoms with van der Waals surface area (Å²) in [5.74, 6) is -1.18. The first kappa shape index (κ1) is 27.6. The SMILES string of the molecule is CC(=O)N[C@@H](Cc1cc(I)c(Oc2cc(I)c(O)c(I)c2)c(I)c1)C(=O)ON1C(=O)CCC1=O. The zero-order valence-corrected chi connectivity index (χ0v) is 26.0. The molecule has 1 aliphatic heterocycles. The van der Waals surface area contributed by atoms with Crippen LogP contribution in [0.5, 0.6) is 17.2 Å². The molecule has 0 spiro atoms. The lowest BCUT2D eigenvalue weighted by molar-refractivity contribution is -0.199. The quantitative estimate of drug-likeness (QED) is 0.315. The van der Waals surface area contributed by atoms with Crippen LogP contribution in [0, 0.1) is 14.3 Å². The molecule has 1 heterocycles. The van der Waals surface area contributed by atoms with Crippen LogP contribution in [0.4, 0.5) is 0 Å². The van der Waals surface area contributed by atoms with Crippen LogP contribution in [-0.2, 0) is 30.4 Å². The van der Waals surface area contributed by atoms with Crippen LogP contribution in [0.15, 0.2) is 24.3 Å². The highest BCUT2D eigenvalue weighted by Gasteiger charge is 2.35. The summed E-state index contributed by atoms with van der Waals surface area (Å²) in [6.45, 7) is 1.26. The fourth-order valence-electron chi connectivity index (χ4n) is 3.03. The number of rotatable bonds is 7. The van der Waals surface area contributed by atoms with Crippen molar-refractivity contribution < 1.29 is 33.9 Å². The van der Waals surface area contributed by atoms with Crippen LogP contribution in [0.2, 0.25) is 0 Å². The van der Waals surface area contributed by atoms with Crippen molar-refractivity contribution in [2.75, 3.05) is 0 Å². The smallest absolute Gasteiger partial charge is 0.355 e. The summed E-state index contributed by atoms with van der Waals surface area (Å²) in [4.78, 5) is 52.9. The van der Waals surface area contributed by atoms with Crippen LogP contribution >= 0.6 is 90.4 Å². The Bertz CT molecular complexity index is 1130. The lowest BCUT2D eigenvalue weighted by atomic mass is 10.1. The van der Waals surface area contributed by atoms with E-state index >= 15 is 0 Å². The van der Waals surface area contributed by atoms with E-state index in [4.69, 9.17) is 9.57 Å². The number of imide groups is 1. The van der Waals surface area contributed by atoms with Gasteiger partial charge in [-0.15, -0.1) is 5.06 Å². The molecular weight excluding hydrogens is 900 g/mol. The largest absolute Gasteiger partial charge is 0.506 e. The number of hydroxylamine groups is 2. The molecule has 3 amide bonds. The summed E-state index contributed by atoms with van der Waals surface area (Å²) in [6, 6.07) is 5.96. The minimum Gasteiger partial charge on any atom is -0.506 e. The number of nitrogens with zero attached hydrogens (tertiary/aromatic N) is 1. The van der Waals surface area contributed by atoms with Gasteiger partial charge in [0.05, 0.1) is 14.3 Å². The first-order chi connectivity index (χ1) is 16.0. The number of benzene rings is 2. The summed E-state index contributed by atoms with van der Waals surface area (Å²) in [7, 11) is 0. The number of nitrogens with one attached hydrogen (secondary N) is 1. The molecular formula is C21H16I4N2O7. The van der Waals surface area contributed by atoms with Crippen LogP contribution in [0.3, 0.4) is 0 Å². The molecule has 1 atom stereocenters. The lowest BCUT2D eigenvalue weighted by Crippen LogP contribution is -2.45. The Morgan fingerprint density at radius 1 is 1.00 bits per heavy atom. The Kier molecular flexibility index (Phi) is 9.63. The van der Waals surface area contributed by atoms with Crippen LogP contribution < -0.4 is 10.1 Å². The maximum Gasteiger partial charge on any atom is 0.355 e. The molecule has 1 fully saturated rings. The molecule has 13 heteroatoms. The number of amides is 3. The third-order valence-electron chi connectivity index (χ3n) is 4.56. The predicted octanol–water partition coefficient (Wildman–Crippen LogP) is 4.26. The number of carbonyl (C=O) groups is 4. The molecule has 1 saturated heterocycles. The summed E-state index contributed by atoms with van der Waals surface area (Å²) >= 11 is 8.28. The third kappa shape index (κ3) is 6.83. The Morgan fingerprint density at radius 3 is 2.03 bits per heavy atom. The molecule has 2 aromatic carbocycles. The Hall–Kier alpha value is -0.960. The zero-order chi connectivity index (χ0) is 25.2. The molecule has 0 saturated carbocycles. The number of hydrogen-bond acceptors (Lipinski definition) is 7. The van der Waals surface area contributed by atoms with E-state index in [9.17, 15) is 24.3 Å². The third-order valence-corrected chi connectivity index (χ3v) is 7.80. The number of halogens is 4. The lowest BCUT2D eigenvalue weighted by Gasteiger charge is -2.20. The molecule has 34 heavy (non-hydrogen) atoms. The van der Waals surface area contributed by atoms with E-state index in [-0.39, 0.29) is 25.0 Å². The van der Waals surface area contributed by atoms with Crippen molar-refractivity contribution in [3.8, 4) is 17.2 Å². The van der Waals surface area contributed by atoms with Crippen molar-refractivity contribution in [2.24, 2.45) is 0 Å². The standard InChI is InChI=1S/C21H16I4N2O7/c1-9(28)26-16(21(32)34-27-17(29)2-3-18(27)30)6-10-4-14(24)20(15(25)5-10)33-11-7-12(22)19(31)13(23)8-11/h4-5,7-8,16,31H,2-3,6H2,1H3,(H,26,28)/t16-/m0/s1. The van der Waals surface area contributed by atoms with Crippen molar-refractivity contribution in [1.29, 1.82) is 0 Å². The summed E-state index contributed by atoms with van der Waals surface area (Å²) in [6.07, 6.45) is 0.0394. The second-order valence-electron chi connectivity index (χ2n) is 7.18. The van der Waals surface area contributed by atoms with Crippen LogP contribution in [-0.4, -0.2) is 39.9 Å². The van der Waals surface area contributed by atoms with Gasteiger partial charge in [-0.25, -0.2) is 4.79 Å². The number of phenolic OH excluding ortho intramolecular Hbond substituents is 1. The van der Waals surface area contributed by atoms with Gasteiger partial charge in [0.1, 0.15) is 17.5 Å². The maximum absolute atomic E-state index is 12.7. The number of aromatic hydroxyl groups is 1. The van der Waals surface area contributed by atoms with Crippen molar-refractivity contribution in [3.63, 3.8) is 0 Å². The van der Waals surface area contributed by atoms with E-state index in [1.807, 2.05) is 57.3 Å². The van der Waals surface area contributed by atoms with E-state index in [0.29, 0.717) is 29.3 Å². The monoisotopic (exact) mass is 916 g/mol. The molecule has 1 aliphatic rings. The summed E-state index contributed by atoms with van der Waals surface area (Å²) in [5.41, 5.74) is 0.714. The van der Waals surface area contributed by atoms with Crippen LogP contribution in [0.1, 0.15) is 25.3 Å². The van der Waals surface area contributed by atoms with Gasteiger partial charge in [-0.2, -0.15) is 0 Å². The predicted molar refractivity (Wildman–Crippen MR) is 154 cm³/mol. The van der Waals surface area contributed by atoms with Crippen LogP contribution in [0.25, 0.3) is 0 Å². The van der Waals surface area contributed by atoms with Crippen molar-refractivity contribution in [3.05, 3.63) is 44.1 Å². The fourth-order valence-corrected chi connectivity index (χ4v) is 6.86. The molecule has 2 N–H and O–H groups in total. The van der Waals surface area contributed by atoms with Gasteiger partial charge in [0, 0.05) is 26.2 Å². The Morgan fingerprint density at radius 2 is 1.53 bits per heavy atom. The van der Waals surface area contributed by atoms with E-state index in [2.05, 4.69) is 50.5 Å². The van der Waals surface area contributed by atoms with Crippen molar-refractivity contribution in [1.82, 2.24) is 10.4 Å². The average molecular weight is 916 g/mol. The molecule has 0 bridgehead atoms. The minimum atomic E-state index is -1.10. The van der Waals surface area contributed by atoms with E-state index in [0.717, 1.165) is 7.14 Å². The molecule has 0 radical (unpaired) electrons. The second-order valence-corrected chi connectivity index (χ2v) is 11.8. The summed E-state index contributed by atoms with van der Waals surface area (Å²) in [5, 5.41) is 12.9. The molecule has 0 aromatic heterocycles. The zero-order valence-electron chi connectivity index (χ0n) is 17.4. The topological polar surface area (TPSA) is 122 Å². The average Bonchev–Trinajstić information content (AvgIpc) is 3.05. The molecule has 0 aliphatic carbocycles. The highest BCUT2D eigenvalue weighted by atomic mass is 127. The molecule has 0 unspecified atom stereocenters. The van der Waals surface area contributed by atoms with Gasteiger partial charge >= 0.3 is 5.97 Å². The molecule has 180 valence electrons. The number of ether oxygens (including phenoxy) is 1. The van der Waals surface area contributed by atoms with E-state index in [1.54, 1.807) is 12.1 Å². The normalized spacial score (nSPS) is 14.2. The number of carbonyl (C=O) groups excluding carboxylic acids is 4. The fraction of sp³-hybridized carbons (Fsp3) is 0.238. The van der Waals surface area contributed by atoms with Crippen molar-refractivity contribution >= 4 is 114 Å². The number of phenols is 1. The maximum atomic E-state index is 12.7. The van der Waals surface area contributed by atoms with Gasteiger partial charge < -0.3 is 20.0 Å². The Balaban J connectivity index is 1.81. The van der Waals surface area contributed by atoms with E-state index < -0.39 is 29.7 Å².